The number of rotatable bonds is 5. The smallest absolute Gasteiger partial charge is 0.259 e. The molecule has 7 nitrogen and oxygen atoms in total. The number of amides is 1. The number of nitriles is 1. The minimum Gasteiger partial charge on any atom is -0.381 e. The van der Waals surface area contributed by atoms with E-state index in [1.807, 2.05) is 36.9 Å². The van der Waals surface area contributed by atoms with Crippen LogP contribution in [0.1, 0.15) is 40.2 Å². The first-order valence-electron chi connectivity index (χ1n) is 9.68. The first-order valence-corrected chi connectivity index (χ1v) is 10.5. The lowest BCUT2D eigenvalue weighted by Gasteiger charge is -2.34. The van der Waals surface area contributed by atoms with Crippen LogP contribution >= 0.6 is 11.3 Å². The highest BCUT2D eigenvalue weighted by Crippen LogP contribution is 2.32. The van der Waals surface area contributed by atoms with Crippen LogP contribution in [0.3, 0.4) is 0 Å². The standard InChI is InChI=1S/C21H22N4O3S/c1-13-4-5-18(29-13)17-12-16(19-14(2)24-28-20(19)23-17)21(26)25(9-3-8-22)15-6-10-27-11-7-15/h4-5,12,15H,3,6-7,9-11H2,1-2H3. The van der Waals surface area contributed by atoms with Gasteiger partial charge < -0.3 is 14.2 Å². The third kappa shape index (κ3) is 3.88. The summed E-state index contributed by atoms with van der Waals surface area (Å²) in [5, 5.41) is 13.8. The van der Waals surface area contributed by atoms with E-state index >= 15 is 0 Å². The molecule has 0 unspecified atom stereocenters. The molecule has 1 fully saturated rings. The van der Waals surface area contributed by atoms with E-state index < -0.39 is 0 Å². The second-order valence-corrected chi connectivity index (χ2v) is 8.45. The van der Waals surface area contributed by atoms with E-state index in [1.54, 1.807) is 11.3 Å². The zero-order valence-corrected chi connectivity index (χ0v) is 17.3. The zero-order valence-electron chi connectivity index (χ0n) is 16.5. The Kier molecular flexibility index (Phi) is 5.60. The number of aryl methyl sites for hydroxylation is 2. The zero-order chi connectivity index (χ0) is 20.4. The van der Waals surface area contributed by atoms with Crippen molar-refractivity contribution in [3.63, 3.8) is 0 Å². The molecule has 3 aromatic heterocycles. The van der Waals surface area contributed by atoms with E-state index in [4.69, 9.17) is 14.5 Å². The van der Waals surface area contributed by atoms with Gasteiger partial charge in [0.25, 0.3) is 11.6 Å². The predicted molar refractivity (Wildman–Crippen MR) is 110 cm³/mol. The first kappa shape index (κ1) is 19.6. The van der Waals surface area contributed by atoms with E-state index in [0.29, 0.717) is 47.8 Å². The third-order valence-electron chi connectivity index (χ3n) is 5.20. The van der Waals surface area contributed by atoms with Gasteiger partial charge in [0.15, 0.2) is 0 Å². The van der Waals surface area contributed by atoms with E-state index in [1.165, 1.54) is 4.88 Å². The molecular weight excluding hydrogens is 388 g/mol. The number of ether oxygens (including phenoxy) is 1. The Balaban J connectivity index is 1.80. The Morgan fingerprint density at radius 2 is 2.14 bits per heavy atom. The lowest BCUT2D eigenvalue weighted by molar-refractivity contribution is 0.0297. The minimum atomic E-state index is -0.111. The average Bonchev–Trinajstić information content (AvgIpc) is 3.34. The third-order valence-corrected chi connectivity index (χ3v) is 6.22. The van der Waals surface area contributed by atoms with Crippen LogP contribution in [0, 0.1) is 25.2 Å². The van der Waals surface area contributed by atoms with Gasteiger partial charge >= 0.3 is 0 Å². The van der Waals surface area contributed by atoms with Crippen molar-refractivity contribution in [3.8, 4) is 16.6 Å². The molecule has 0 aliphatic carbocycles. The lowest BCUT2D eigenvalue weighted by atomic mass is 10.0. The highest BCUT2D eigenvalue weighted by atomic mass is 32.1. The summed E-state index contributed by atoms with van der Waals surface area (Å²) in [6, 6.07) is 8.07. The molecular formula is C21H22N4O3S. The second kappa shape index (κ2) is 8.31. The van der Waals surface area contributed by atoms with Crippen LogP contribution in [0.5, 0.6) is 0 Å². The number of thiophene rings is 1. The fraction of sp³-hybridized carbons (Fsp3) is 0.429. The molecule has 29 heavy (non-hydrogen) atoms. The summed E-state index contributed by atoms with van der Waals surface area (Å²) in [5.41, 5.74) is 2.22. The number of nitrogens with zero attached hydrogens (tertiary/aromatic N) is 4. The molecule has 150 valence electrons. The molecule has 0 saturated carbocycles. The summed E-state index contributed by atoms with van der Waals surface area (Å²) in [7, 11) is 0. The Morgan fingerprint density at radius 1 is 1.34 bits per heavy atom. The summed E-state index contributed by atoms with van der Waals surface area (Å²) >= 11 is 1.62. The Hall–Kier alpha value is -2.76. The summed E-state index contributed by atoms with van der Waals surface area (Å²) in [6.45, 7) is 5.48. The van der Waals surface area contributed by atoms with E-state index in [9.17, 15) is 4.79 Å². The molecule has 1 saturated heterocycles. The van der Waals surface area contributed by atoms with Gasteiger partial charge in [-0.2, -0.15) is 5.26 Å². The fourth-order valence-corrected chi connectivity index (χ4v) is 4.56. The van der Waals surface area contributed by atoms with Crippen molar-refractivity contribution in [1.29, 1.82) is 5.26 Å². The van der Waals surface area contributed by atoms with E-state index in [0.717, 1.165) is 17.7 Å². The molecule has 0 spiro atoms. The molecule has 8 heteroatoms. The van der Waals surface area contributed by atoms with E-state index in [2.05, 4.69) is 16.2 Å². The maximum atomic E-state index is 13.7. The van der Waals surface area contributed by atoms with Gasteiger partial charge in [-0.15, -0.1) is 11.3 Å². The van der Waals surface area contributed by atoms with Crippen LogP contribution in [0.4, 0.5) is 0 Å². The molecule has 1 amide bonds. The van der Waals surface area contributed by atoms with Crippen molar-refractivity contribution in [2.75, 3.05) is 19.8 Å². The van der Waals surface area contributed by atoms with Crippen molar-refractivity contribution < 1.29 is 14.1 Å². The van der Waals surface area contributed by atoms with Crippen LogP contribution < -0.4 is 0 Å². The fourth-order valence-electron chi connectivity index (χ4n) is 3.73. The molecule has 4 rings (SSSR count). The number of carbonyl (C=O) groups excluding carboxylic acids is 1. The highest BCUT2D eigenvalue weighted by molar-refractivity contribution is 7.15. The molecule has 1 aliphatic rings. The summed E-state index contributed by atoms with van der Waals surface area (Å²) < 4.78 is 10.9. The van der Waals surface area contributed by atoms with Crippen LogP contribution in [0.25, 0.3) is 21.7 Å². The molecule has 0 N–H and O–H groups in total. The van der Waals surface area contributed by atoms with Crippen molar-refractivity contribution >= 4 is 28.3 Å². The number of hydrogen-bond acceptors (Lipinski definition) is 7. The van der Waals surface area contributed by atoms with Crippen molar-refractivity contribution in [2.24, 2.45) is 0 Å². The molecule has 1 aliphatic heterocycles. The van der Waals surface area contributed by atoms with Crippen molar-refractivity contribution in [2.45, 2.75) is 39.2 Å². The number of carbonyl (C=O) groups is 1. The minimum absolute atomic E-state index is 0.0559. The Bertz CT molecular complexity index is 1080. The molecule has 0 aromatic carbocycles. The number of aromatic nitrogens is 2. The molecule has 0 radical (unpaired) electrons. The van der Waals surface area contributed by atoms with Gasteiger partial charge in [-0.1, -0.05) is 5.16 Å². The Labute approximate surface area is 172 Å². The van der Waals surface area contributed by atoms with Gasteiger partial charge in [-0.25, -0.2) is 4.98 Å². The summed E-state index contributed by atoms with van der Waals surface area (Å²) in [6.07, 6.45) is 1.83. The molecule has 0 bridgehead atoms. The quantitative estimate of drug-likeness (QED) is 0.629. The van der Waals surface area contributed by atoms with Crippen molar-refractivity contribution in [1.82, 2.24) is 15.0 Å². The first-order chi connectivity index (χ1) is 14.1. The topological polar surface area (TPSA) is 92.2 Å². The second-order valence-electron chi connectivity index (χ2n) is 7.16. The summed E-state index contributed by atoms with van der Waals surface area (Å²) in [5.74, 6) is -0.111. The van der Waals surface area contributed by atoms with Gasteiger partial charge in [0, 0.05) is 30.7 Å². The molecule has 0 atom stereocenters. The van der Waals surface area contributed by atoms with Crippen LogP contribution in [0.15, 0.2) is 22.7 Å². The van der Waals surface area contributed by atoms with Crippen LogP contribution in [-0.4, -0.2) is 46.7 Å². The van der Waals surface area contributed by atoms with Gasteiger partial charge in [-0.05, 0) is 44.9 Å². The van der Waals surface area contributed by atoms with Crippen LogP contribution in [-0.2, 0) is 4.74 Å². The number of fused-ring (bicyclic) bond motifs is 1. The summed E-state index contributed by atoms with van der Waals surface area (Å²) in [4.78, 5) is 22.2. The van der Waals surface area contributed by atoms with Gasteiger partial charge in [0.1, 0.15) is 0 Å². The Morgan fingerprint density at radius 3 is 2.83 bits per heavy atom. The lowest BCUT2D eigenvalue weighted by Crippen LogP contribution is -2.44. The maximum absolute atomic E-state index is 13.7. The molecule has 4 heterocycles. The molecule has 3 aromatic rings. The van der Waals surface area contributed by atoms with Gasteiger partial charge in [-0.3, -0.25) is 4.79 Å². The van der Waals surface area contributed by atoms with Gasteiger partial charge in [0.05, 0.1) is 39.7 Å². The van der Waals surface area contributed by atoms with Crippen molar-refractivity contribution in [3.05, 3.63) is 34.3 Å². The largest absolute Gasteiger partial charge is 0.381 e. The van der Waals surface area contributed by atoms with E-state index in [-0.39, 0.29) is 18.4 Å². The predicted octanol–water partition coefficient (Wildman–Crippen LogP) is 4.10. The highest BCUT2D eigenvalue weighted by Gasteiger charge is 2.29. The normalized spacial score (nSPS) is 14.8. The van der Waals surface area contributed by atoms with Gasteiger partial charge in [0.2, 0.25) is 0 Å². The van der Waals surface area contributed by atoms with Crippen LogP contribution in [0.2, 0.25) is 0 Å². The number of pyridine rings is 1. The SMILES string of the molecule is Cc1ccc(-c2cc(C(=O)N(CCC#N)C3CCOCC3)c3c(C)noc3n2)s1. The average molecular weight is 410 g/mol. The number of hydrogen-bond donors (Lipinski definition) is 0. The maximum Gasteiger partial charge on any atom is 0.259 e. The monoisotopic (exact) mass is 410 g/mol.